The highest BCUT2D eigenvalue weighted by molar-refractivity contribution is 14.1. The van der Waals surface area contributed by atoms with E-state index in [1.54, 1.807) is 33.8 Å². The van der Waals surface area contributed by atoms with Crippen molar-refractivity contribution in [3.8, 4) is 17.2 Å². The number of aryl methyl sites for hydroxylation is 1. The van der Waals surface area contributed by atoms with Gasteiger partial charge in [-0.15, -0.1) is 0 Å². The number of amides is 5. The van der Waals surface area contributed by atoms with Gasteiger partial charge in [0.2, 0.25) is 5.91 Å². The first-order valence-electron chi connectivity index (χ1n) is 16.7. The Morgan fingerprint density at radius 1 is 0.941 bits per heavy atom. The molecule has 3 aromatic carbocycles. The summed E-state index contributed by atoms with van der Waals surface area (Å²) in [6, 6.07) is 23.6. The van der Waals surface area contributed by atoms with Crippen molar-refractivity contribution in [3.05, 3.63) is 96.3 Å². The van der Waals surface area contributed by atoms with E-state index in [4.69, 9.17) is 14.6 Å². The van der Waals surface area contributed by atoms with Crippen LogP contribution in [0.2, 0.25) is 0 Å². The molecule has 51 heavy (non-hydrogen) atoms. The molecule has 1 aliphatic heterocycles. The summed E-state index contributed by atoms with van der Waals surface area (Å²) in [7, 11) is 0. The topological polar surface area (TPSA) is 152 Å². The first-order valence-corrected chi connectivity index (χ1v) is 18.0. The number of nitrogens with one attached hydrogen (secondary N) is 4. The lowest BCUT2D eigenvalue weighted by Gasteiger charge is -2.26. The zero-order valence-electron chi connectivity index (χ0n) is 28.3. The molecule has 5 amide bonds. The largest absolute Gasteiger partial charge is 0.457 e. The smallest absolute Gasteiger partial charge is 0.324 e. The number of hydrogen-bond donors (Lipinski definition) is 4. The summed E-state index contributed by atoms with van der Waals surface area (Å²) in [5.74, 6) is 1.40. The lowest BCUT2D eigenvalue weighted by Crippen LogP contribution is -2.47. The van der Waals surface area contributed by atoms with Gasteiger partial charge in [0.15, 0.2) is 0 Å². The summed E-state index contributed by atoms with van der Waals surface area (Å²) >= 11 is 2.40. The molecule has 0 bridgehead atoms. The molecule has 0 aliphatic carbocycles. The standard InChI is InChI=1S/C37H39IN8O5/c1-3-6-29(38)31-22-34(46(44-31)25-11-9-24(2)10-12-25)43-36(48)41-30-13-14-32(28-8-5-4-7-27(28)30)51-26-15-16-39-33(21-26)42-35(47)23-40-37(49)45-17-19-50-20-18-45/h4-5,7-16,21-22,29H,3,6,17-20,23H2,1-2H3,(H,40,49)(H,39,42,47)(H2,41,43,48). The van der Waals surface area contributed by atoms with Crippen molar-refractivity contribution in [3.63, 3.8) is 0 Å². The van der Waals surface area contributed by atoms with Crippen LogP contribution in [0.3, 0.4) is 0 Å². The number of morpholine rings is 1. The SMILES string of the molecule is CCCC(I)c1cc(NC(=O)Nc2ccc(Oc3ccnc(NC(=O)CNC(=O)N4CCOCC4)c3)c3ccccc23)n(-c2ccc(C)cc2)n1. The van der Waals surface area contributed by atoms with Crippen LogP contribution in [-0.2, 0) is 9.53 Å². The number of urea groups is 2. The maximum Gasteiger partial charge on any atom is 0.324 e. The number of aromatic nitrogens is 3. The third-order valence-corrected chi connectivity index (χ3v) is 9.43. The Hall–Kier alpha value is -5.22. The summed E-state index contributed by atoms with van der Waals surface area (Å²) in [6.07, 6.45) is 3.52. The monoisotopic (exact) mass is 802 g/mol. The number of anilines is 3. The number of nitrogens with zero attached hydrogens (tertiary/aromatic N) is 4. The molecule has 1 unspecified atom stereocenters. The van der Waals surface area contributed by atoms with Gasteiger partial charge in [0.1, 0.15) is 23.1 Å². The van der Waals surface area contributed by atoms with Crippen molar-refractivity contribution in [2.45, 2.75) is 30.6 Å². The summed E-state index contributed by atoms with van der Waals surface area (Å²) in [5.41, 5.74) is 3.48. The Labute approximate surface area is 309 Å². The number of alkyl halides is 1. The van der Waals surface area contributed by atoms with E-state index in [2.05, 4.69) is 55.8 Å². The van der Waals surface area contributed by atoms with Crippen molar-refractivity contribution in [1.29, 1.82) is 0 Å². The van der Waals surface area contributed by atoms with Gasteiger partial charge in [-0.2, -0.15) is 5.10 Å². The van der Waals surface area contributed by atoms with Crippen molar-refractivity contribution in [2.75, 3.05) is 48.8 Å². The summed E-state index contributed by atoms with van der Waals surface area (Å²) in [5, 5.41) is 17.7. The van der Waals surface area contributed by atoms with Gasteiger partial charge in [0, 0.05) is 42.2 Å². The van der Waals surface area contributed by atoms with Gasteiger partial charge in [0.05, 0.1) is 40.8 Å². The molecule has 0 radical (unpaired) electrons. The van der Waals surface area contributed by atoms with E-state index < -0.39 is 11.9 Å². The van der Waals surface area contributed by atoms with Gasteiger partial charge < -0.3 is 30.3 Å². The highest BCUT2D eigenvalue weighted by Gasteiger charge is 2.19. The quantitative estimate of drug-likeness (QED) is 0.0802. The van der Waals surface area contributed by atoms with Gasteiger partial charge in [-0.3, -0.25) is 10.1 Å². The molecule has 1 saturated heterocycles. The Balaban J connectivity index is 1.14. The average molecular weight is 803 g/mol. The van der Waals surface area contributed by atoms with E-state index in [1.807, 2.05) is 61.5 Å². The minimum Gasteiger partial charge on any atom is -0.457 e. The number of carbonyl (C=O) groups excluding carboxylic acids is 3. The van der Waals surface area contributed by atoms with Crippen LogP contribution in [0.25, 0.3) is 16.5 Å². The van der Waals surface area contributed by atoms with Crippen LogP contribution in [0.5, 0.6) is 11.5 Å². The normalized spacial score (nSPS) is 13.4. The summed E-state index contributed by atoms with van der Waals surface area (Å²) < 4.78 is 13.5. The van der Waals surface area contributed by atoms with Gasteiger partial charge in [-0.25, -0.2) is 19.3 Å². The number of hydrogen-bond acceptors (Lipinski definition) is 7. The zero-order chi connectivity index (χ0) is 35.7. The molecule has 4 N–H and O–H groups in total. The van der Waals surface area contributed by atoms with Gasteiger partial charge in [0.25, 0.3) is 0 Å². The van der Waals surface area contributed by atoms with Crippen LogP contribution >= 0.6 is 22.6 Å². The van der Waals surface area contributed by atoms with Crippen LogP contribution < -0.4 is 26.0 Å². The molecule has 1 aliphatic rings. The second kappa shape index (κ2) is 16.7. The molecule has 264 valence electrons. The van der Waals surface area contributed by atoms with E-state index in [0.29, 0.717) is 49.3 Å². The minimum atomic E-state index is -0.423. The molecule has 14 heteroatoms. The number of fused-ring (bicyclic) bond motifs is 1. The Morgan fingerprint density at radius 2 is 1.71 bits per heavy atom. The van der Waals surface area contributed by atoms with Crippen LogP contribution in [0, 0.1) is 6.92 Å². The molecule has 1 fully saturated rings. The van der Waals surface area contributed by atoms with Crippen LogP contribution in [0.15, 0.2) is 85.1 Å². The van der Waals surface area contributed by atoms with Crippen molar-refractivity contribution in [1.82, 2.24) is 25.0 Å². The highest BCUT2D eigenvalue weighted by Crippen LogP contribution is 2.35. The van der Waals surface area contributed by atoms with Crippen molar-refractivity contribution >= 4 is 68.7 Å². The Kier molecular flexibility index (Phi) is 11.6. The van der Waals surface area contributed by atoms with Gasteiger partial charge in [-0.05, 0) is 43.7 Å². The summed E-state index contributed by atoms with van der Waals surface area (Å²) in [6.45, 7) is 5.87. The van der Waals surface area contributed by atoms with Crippen LogP contribution in [0.1, 0.15) is 34.9 Å². The van der Waals surface area contributed by atoms with E-state index in [1.165, 1.54) is 6.20 Å². The fraction of sp³-hybridized carbons (Fsp3) is 0.270. The third kappa shape index (κ3) is 9.12. The Bertz CT molecular complexity index is 2010. The fourth-order valence-corrected chi connectivity index (χ4v) is 6.48. The van der Waals surface area contributed by atoms with E-state index in [0.717, 1.165) is 40.6 Å². The predicted octanol–water partition coefficient (Wildman–Crippen LogP) is 7.42. The van der Waals surface area contributed by atoms with E-state index >= 15 is 0 Å². The second-order valence-corrected chi connectivity index (χ2v) is 13.5. The highest BCUT2D eigenvalue weighted by atomic mass is 127. The zero-order valence-corrected chi connectivity index (χ0v) is 30.5. The van der Waals surface area contributed by atoms with Crippen molar-refractivity contribution < 1.29 is 23.9 Å². The Morgan fingerprint density at radius 3 is 2.47 bits per heavy atom. The molecule has 5 aromatic rings. The summed E-state index contributed by atoms with van der Waals surface area (Å²) in [4.78, 5) is 44.2. The van der Waals surface area contributed by atoms with Crippen molar-refractivity contribution in [2.24, 2.45) is 0 Å². The molecule has 13 nitrogen and oxygen atoms in total. The van der Waals surface area contributed by atoms with Crippen LogP contribution in [0.4, 0.5) is 26.9 Å². The molecule has 3 heterocycles. The van der Waals surface area contributed by atoms with E-state index in [9.17, 15) is 14.4 Å². The second-order valence-electron chi connectivity index (χ2n) is 12.0. The number of halogens is 1. The maximum absolute atomic E-state index is 13.5. The third-order valence-electron chi connectivity index (χ3n) is 8.17. The molecule has 6 rings (SSSR count). The molecule has 0 saturated carbocycles. The number of ether oxygens (including phenoxy) is 2. The predicted molar refractivity (Wildman–Crippen MR) is 205 cm³/mol. The van der Waals surface area contributed by atoms with Crippen LogP contribution in [-0.4, -0.2) is 70.5 Å². The molecular weight excluding hydrogens is 763 g/mol. The fourth-order valence-electron chi connectivity index (χ4n) is 5.56. The molecule has 1 atom stereocenters. The molecular formula is C37H39IN8O5. The average Bonchev–Trinajstić information content (AvgIpc) is 3.56. The lowest BCUT2D eigenvalue weighted by atomic mass is 10.1. The van der Waals surface area contributed by atoms with Gasteiger partial charge >= 0.3 is 12.1 Å². The number of benzene rings is 3. The number of pyridine rings is 1. The lowest BCUT2D eigenvalue weighted by molar-refractivity contribution is -0.115. The van der Waals surface area contributed by atoms with E-state index in [-0.39, 0.29) is 22.3 Å². The number of rotatable bonds is 11. The maximum atomic E-state index is 13.5. The molecule has 2 aromatic heterocycles. The number of carbonyl (C=O) groups is 3. The first-order chi connectivity index (χ1) is 24.8. The van der Waals surface area contributed by atoms with Gasteiger partial charge in [-0.1, -0.05) is 77.9 Å². The minimum absolute atomic E-state index is 0.206. The first kappa shape index (κ1) is 35.6. The molecule has 0 spiro atoms.